The summed E-state index contributed by atoms with van der Waals surface area (Å²) in [5.74, 6) is 0.391. The van der Waals surface area contributed by atoms with Gasteiger partial charge >= 0.3 is 0 Å². The van der Waals surface area contributed by atoms with E-state index in [9.17, 15) is 0 Å². The molecule has 2 aromatic rings. The summed E-state index contributed by atoms with van der Waals surface area (Å²) in [7, 11) is 0. The first kappa shape index (κ1) is 16.4. The zero-order chi connectivity index (χ0) is 16.9. The molecule has 0 unspecified atom stereocenters. The highest BCUT2D eigenvalue weighted by Crippen LogP contribution is 2.33. The van der Waals surface area contributed by atoms with Gasteiger partial charge in [-0.05, 0) is 32.4 Å². The zero-order valence-corrected chi connectivity index (χ0v) is 14.2. The van der Waals surface area contributed by atoms with Crippen molar-refractivity contribution in [2.24, 2.45) is 0 Å². The Bertz CT molecular complexity index is 754. The van der Waals surface area contributed by atoms with E-state index in [1.807, 2.05) is 29.1 Å². The number of aromatic nitrogens is 3. The number of nitriles is 1. The Morgan fingerprint density at radius 2 is 2.21 bits per heavy atom. The summed E-state index contributed by atoms with van der Waals surface area (Å²) in [5, 5.41) is 16.9. The number of nitrogens with zero attached hydrogens (tertiary/aromatic N) is 4. The molecule has 0 amide bonds. The van der Waals surface area contributed by atoms with Gasteiger partial charge in [-0.2, -0.15) is 10.4 Å². The minimum Gasteiger partial charge on any atom is -0.305 e. The van der Waals surface area contributed by atoms with Crippen LogP contribution >= 0.6 is 0 Å². The van der Waals surface area contributed by atoms with Gasteiger partial charge in [-0.25, -0.2) is 0 Å². The van der Waals surface area contributed by atoms with E-state index in [0.717, 1.165) is 24.4 Å². The number of rotatable bonds is 6. The molecular weight excluding hydrogens is 298 g/mol. The Morgan fingerprint density at radius 1 is 1.33 bits per heavy atom. The highest BCUT2D eigenvalue weighted by molar-refractivity contribution is 5.35. The highest BCUT2D eigenvalue weighted by Gasteiger charge is 2.25. The second-order valence-electron chi connectivity index (χ2n) is 6.25. The monoisotopic (exact) mass is 321 g/mol. The molecular formula is C19H23N5. The number of allylic oxidation sites excluding steroid dienone is 1. The van der Waals surface area contributed by atoms with Gasteiger partial charge in [0, 0.05) is 36.0 Å². The third-order valence-electron chi connectivity index (χ3n) is 4.60. The smallest absolute Gasteiger partial charge is 0.0641 e. The van der Waals surface area contributed by atoms with Gasteiger partial charge in [-0.1, -0.05) is 18.2 Å². The van der Waals surface area contributed by atoms with E-state index in [1.54, 1.807) is 0 Å². The molecule has 1 aliphatic carbocycles. The second-order valence-corrected chi connectivity index (χ2v) is 6.25. The lowest BCUT2D eigenvalue weighted by Crippen LogP contribution is -2.25. The fourth-order valence-electron chi connectivity index (χ4n) is 3.42. The molecule has 24 heavy (non-hydrogen) atoms. The van der Waals surface area contributed by atoms with E-state index in [0.29, 0.717) is 24.9 Å². The van der Waals surface area contributed by atoms with Crippen LogP contribution in [0.3, 0.4) is 0 Å². The molecule has 0 aliphatic heterocycles. The quantitative estimate of drug-likeness (QED) is 0.831. The number of aryl methyl sites for hydroxylation is 2. The molecule has 3 rings (SSSR count). The van der Waals surface area contributed by atoms with Gasteiger partial charge in [0.15, 0.2) is 0 Å². The SMILES string of the molecule is Cc1nn(CCC#N)c(C)c1[C@H]1C=C[C@@H](NCc2ccccn2)C1. The van der Waals surface area contributed by atoms with Crippen molar-refractivity contribution in [3.05, 3.63) is 59.2 Å². The Balaban J connectivity index is 1.63. The zero-order valence-electron chi connectivity index (χ0n) is 14.2. The van der Waals surface area contributed by atoms with E-state index in [2.05, 4.69) is 47.5 Å². The average Bonchev–Trinajstić information content (AvgIpc) is 3.16. The normalized spacial score (nSPS) is 19.5. The van der Waals surface area contributed by atoms with Crippen molar-refractivity contribution in [1.29, 1.82) is 5.26 Å². The summed E-state index contributed by atoms with van der Waals surface area (Å²) < 4.78 is 1.97. The highest BCUT2D eigenvalue weighted by atomic mass is 15.3. The summed E-state index contributed by atoms with van der Waals surface area (Å²) in [6.45, 7) is 5.62. The lowest BCUT2D eigenvalue weighted by molar-refractivity contribution is 0.552. The van der Waals surface area contributed by atoms with Crippen molar-refractivity contribution in [2.45, 2.75) is 51.7 Å². The maximum absolute atomic E-state index is 8.78. The van der Waals surface area contributed by atoms with Crippen LogP contribution in [0.25, 0.3) is 0 Å². The molecule has 0 spiro atoms. The summed E-state index contributed by atoms with van der Waals surface area (Å²) >= 11 is 0. The maximum atomic E-state index is 8.78. The lowest BCUT2D eigenvalue weighted by atomic mass is 9.96. The first-order valence-corrected chi connectivity index (χ1v) is 8.41. The van der Waals surface area contributed by atoms with Crippen LogP contribution in [0.5, 0.6) is 0 Å². The predicted octanol–water partition coefficient (Wildman–Crippen LogP) is 3.01. The summed E-state index contributed by atoms with van der Waals surface area (Å²) in [6, 6.07) is 8.54. The summed E-state index contributed by atoms with van der Waals surface area (Å²) in [5.41, 5.74) is 4.63. The van der Waals surface area contributed by atoms with Gasteiger partial charge in [0.05, 0.1) is 30.4 Å². The van der Waals surface area contributed by atoms with E-state index in [4.69, 9.17) is 5.26 Å². The van der Waals surface area contributed by atoms with Crippen LogP contribution in [0.2, 0.25) is 0 Å². The molecule has 1 aliphatic rings. The molecule has 0 bridgehead atoms. The molecule has 2 heterocycles. The Hall–Kier alpha value is -2.45. The molecule has 1 N–H and O–H groups in total. The van der Waals surface area contributed by atoms with Gasteiger partial charge < -0.3 is 5.32 Å². The topological polar surface area (TPSA) is 66.5 Å². The molecule has 0 aromatic carbocycles. The van der Waals surface area contributed by atoms with Crippen LogP contribution < -0.4 is 5.32 Å². The standard InChI is InChI=1S/C19H23N5/c1-14-19(15(2)24(23-14)11-5-9-20)16-7-8-17(12-16)22-13-18-6-3-4-10-21-18/h3-4,6-8,10,16-17,22H,5,11-13H2,1-2H3/t16-,17+/m0/s1. The predicted molar refractivity (Wildman–Crippen MR) is 93.3 cm³/mol. The van der Waals surface area contributed by atoms with E-state index < -0.39 is 0 Å². The largest absolute Gasteiger partial charge is 0.305 e. The molecule has 5 nitrogen and oxygen atoms in total. The number of nitrogens with one attached hydrogen (secondary N) is 1. The third-order valence-corrected chi connectivity index (χ3v) is 4.60. The number of hydrogen-bond acceptors (Lipinski definition) is 4. The summed E-state index contributed by atoms with van der Waals surface area (Å²) in [4.78, 5) is 4.35. The number of pyridine rings is 1. The lowest BCUT2D eigenvalue weighted by Gasteiger charge is -2.14. The number of hydrogen-bond donors (Lipinski definition) is 1. The molecule has 124 valence electrons. The van der Waals surface area contributed by atoms with Crippen molar-refractivity contribution >= 4 is 0 Å². The Morgan fingerprint density at radius 3 is 2.96 bits per heavy atom. The van der Waals surface area contributed by atoms with Crippen molar-refractivity contribution in [3.8, 4) is 6.07 Å². The minimum atomic E-state index is 0.360. The van der Waals surface area contributed by atoms with Gasteiger partial charge in [0.25, 0.3) is 0 Å². The van der Waals surface area contributed by atoms with Crippen molar-refractivity contribution in [3.63, 3.8) is 0 Å². The van der Waals surface area contributed by atoms with Crippen LogP contribution in [0.1, 0.15) is 41.4 Å². The molecule has 0 radical (unpaired) electrons. The second kappa shape index (κ2) is 7.41. The molecule has 2 atom stereocenters. The van der Waals surface area contributed by atoms with Crippen LogP contribution in [0, 0.1) is 25.2 Å². The van der Waals surface area contributed by atoms with Crippen LogP contribution in [-0.2, 0) is 13.1 Å². The molecule has 0 saturated carbocycles. The fourth-order valence-corrected chi connectivity index (χ4v) is 3.42. The first-order valence-electron chi connectivity index (χ1n) is 8.41. The van der Waals surface area contributed by atoms with Gasteiger partial charge in [-0.3, -0.25) is 9.67 Å². The average molecular weight is 321 g/mol. The van der Waals surface area contributed by atoms with Crippen LogP contribution in [0.4, 0.5) is 0 Å². The molecule has 5 heteroatoms. The Labute approximate surface area is 143 Å². The minimum absolute atomic E-state index is 0.360. The molecule has 2 aromatic heterocycles. The third kappa shape index (κ3) is 3.55. The van der Waals surface area contributed by atoms with Crippen molar-refractivity contribution < 1.29 is 0 Å². The van der Waals surface area contributed by atoms with Crippen LogP contribution in [-0.4, -0.2) is 20.8 Å². The van der Waals surface area contributed by atoms with E-state index in [-0.39, 0.29) is 0 Å². The molecule has 0 fully saturated rings. The van der Waals surface area contributed by atoms with Gasteiger partial charge in [-0.15, -0.1) is 0 Å². The van der Waals surface area contributed by atoms with Crippen LogP contribution in [0.15, 0.2) is 36.5 Å². The maximum Gasteiger partial charge on any atom is 0.0641 e. The van der Waals surface area contributed by atoms with E-state index >= 15 is 0 Å². The van der Waals surface area contributed by atoms with Gasteiger partial charge in [0.1, 0.15) is 0 Å². The summed E-state index contributed by atoms with van der Waals surface area (Å²) in [6.07, 6.45) is 7.89. The Kier molecular flexibility index (Phi) is 5.07. The first-order chi connectivity index (χ1) is 11.7. The molecule has 0 saturated heterocycles. The van der Waals surface area contributed by atoms with Gasteiger partial charge in [0.2, 0.25) is 0 Å². The van der Waals surface area contributed by atoms with E-state index in [1.165, 1.54) is 11.3 Å². The van der Waals surface area contributed by atoms with Crippen molar-refractivity contribution in [2.75, 3.05) is 0 Å². The fraction of sp³-hybridized carbons (Fsp3) is 0.421. The van der Waals surface area contributed by atoms with Crippen molar-refractivity contribution in [1.82, 2.24) is 20.1 Å².